The fourth-order valence-electron chi connectivity index (χ4n) is 4.19. The first-order chi connectivity index (χ1) is 16.1. The number of aromatic nitrogens is 1. The topological polar surface area (TPSA) is 217 Å². The van der Waals surface area contributed by atoms with Crippen LogP contribution in [-0.4, -0.2) is 98.0 Å². The molecule has 4 heterocycles. The number of anilines is 1. The van der Waals surface area contributed by atoms with E-state index in [-0.39, 0.29) is 23.0 Å². The van der Waals surface area contributed by atoms with Crippen molar-refractivity contribution < 1.29 is 44.1 Å². The van der Waals surface area contributed by atoms with Crippen molar-refractivity contribution >= 4 is 56.8 Å². The molecule has 5 N–H and O–H groups in total. The van der Waals surface area contributed by atoms with Crippen LogP contribution in [0.15, 0.2) is 10.5 Å². The molecule has 6 atom stereocenters. The van der Waals surface area contributed by atoms with Crippen LogP contribution in [0.25, 0.3) is 0 Å². The van der Waals surface area contributed by atoms with Gasteiger partial charge in [0.2, 0.25) is 11.1 Å². The largest absolute Gasteiger partial charge is 0.544 e. The number of oxime groups is 1. The van der Waals surface area contributed by atoms with Crippen molar-refractivity contribution in [2.45, 2.75) is 29.7 Å². The van der Waals surface area contributed by atoms with Crippen LogP contribution < -0.4 is 16.2 Å². The third-order valence-electron chi connectivity index (χ3n) is 5.71. The number of nitrogens with zero attached hydrogens (tertiary/aromatic N) is 3. The Morgan fingerprint density at radius 3 is 2.91 bits per heavy atom. The number of carboxylic acid groups (broad SMARTS) is 1. The molecule has 0 radical (unpaired) electrons. The Labute approximate surface area is 199 Å². The number of fused-ring (bicyclic) bond motifs is 3. The first-order valence-corrected chi connectivity index (χ1v) is 12.7. The summed E-state index contributed by atoms with van der Waals surface area (Å²) in [6.07, 6.45) is 0.432. The molecule has 4 rings (SSSR count). The second-order valence-corrected chi connectivity index (χ2v) is 11.0. The molecule has 14 nitrogen and oxygen atoms in total. The Kier molecular flexibility index (Phi) is 6.41. The number of aliphatic carboxylic acids is 1. The summed E-state index contributed by atoms with van der Waals surface area (Å²) in [6, 6.07) is -1.11. The summed E-state index contributed by atoms with van der Waals surface area (Å²) in [6.45, 7) is -0.996. The summed E-state index contributed by atoms with van der Waals surface area (Å²) in [7, 11) is -0.578. The van der Waals surface area contributed by atoms with E-state index in [1.807, 2.05) is 0 Å². The van der Waals surface area contributed by atoms with E-state index in [1.165, 1.54) is 5.38 Å². The van der Waals surface area contributed by atoms with Gasteiger partial charge in [0.1, 0.15) is 30.1 Å². The molecule has 1 aromatic rings. The molecular weight excluding hydrogens is 494 g/mol. The maximum absolute atomic E-state index is 13.0. The number of carbonyl (C=O) groups is 4. The minimum atomic E-state index is -2.19. The Morgan fingerprint density at radius 2 is 2.29 bits per heavy atom. The number of amides is 2. The van der Waals surface area contributed by atoms with Crippen molar-refractivity contribution in [3.05, 3.63) is 11.1 Å². The van der Waals surface area contributed by atoms with E-state index in [4.69, 9.17) is 20.4 Å². The average Bonchev–Trinajstić information content (AvgIpc) is 3.35. The van der Waals surface area contributed by atoms with Crippen LogP contribution in [0.5, 0.6) is 0 Å². The van der Waals surface area contributed by atoms with E-state index in [0.717, 1.165) is 16.2 Å². The van der Waals surface area contributed by atoms with Crippen molar-refractivity contribution in [2.24, 2.45) is 11.1 Å². The molecule has 0 bridgehead atoms. The molecule has 0 aromatic carbocycles. The number of β-lactam (4-membered cyclic amide) rings is 1. The molecule has 184 valence electrons. The van der Waals surface area contributed by atoms with Gasteiger partial charge in [-0.3, -0.25) is 14.4 Å². The monoisotopic (exact) mass is 515 g/mol. The number of hydrogen-bond acceptors (Lipinski definition) is 13. The molecule has 1 unspecified atom stereocenters. The lowest BCUT2D eigenvalue weighted by Gasteiger charge is -2.56. The van der Waals surface area contributed by atoms with E-state index in [0.29, 0.717) is 5.75 Å². The first-order valence-electron chi connectivity index (χ1n) is 9.99. The van der Waals surface area contributed by atoms with E-state index in [1.54, 1.807) is 6.26 Å². The minimum Gasteiger partial charge on any atom is -0.544 e. The predicted molar refractivity (Wildman–Crippen MR) is 115 cm³/mol. The Bertz CT molecular complexity index is 1060. The summed E-state index contributed by atoms with van der Waals surface area (Å²) in [5.41, 5.74) is 3.15. The van der Waals surface area contributed by atoms with Crippen LogP contribution in [-0.2, 0) is 39.6 Å². The summed E-state index contributed by atoms with van der Waals surface area (Å²) >= 11 is 1.03. The van der Waals surface area contributed by atoms with E-state index in [9.17, 15) is 29.4 Å². The van der Waals surface area contributed by atoms with E-state index < -0.39 is 77.0 Å². The number of aliphatic hydroxyl groups excluding tert-OH is 2. The third kappa shape index (κ3) is 3.85. The Balaban J connectivity index is 1.56. The molecule has 0 spiro atoms. The second-order valence-electron chi connectivity index (χ2n) is 7.91. The summed E-state index contributed by atoms with van der Waals surface area (Å²) < 4.78 is 5.11. The molecule has 0 aliphatic carbocycles. The number of rotatable bonds is 8. The van der Waals surface area contributed by atoms with Gasteiger partial charge in [0, 0.05) is 16.3 Å². The van der Waals surface area contributed by atoms with Crippen LogP contribution in [0.2, 0.25) is 0 Å². The Morgan fingerprint density at radius 1 is 1.56 bits per heavy atom. The minimum absolute atomic E-state index is 0.0530. The highest BCUT2D eigenvalue weighted by Gasteiger charge is 2.74. The number of hydrogen-bond donors (Lipinski definition) is 4. The zero-order valence-electron chi connectivity index (χ0n) is 17.7. The normalized spacial score (nSPS) is 31.1. The molecule has 3 aliphatic heterocycles. The fourth-order valence-corrected chi connectivity index (χ4v) is 7.18. The maximum Gasteiger partial charge on any atom is 0.308 e. The number of aliphatic hydroxyl groups is 2. The Hall–Kier alpha value is -2.95. The van der Waals surface area contributed by atoms with Gasteiger partial charge in [-0.05, 0) is 0 Å². The van der Waals surface area contributed by atoms with Crippen molar-refractivity contribution in [1.82, 2.24) is 15.2 Å². The first kappa shape index (κ1) is 24.2. The molecule has 1 aromatic heterocycles. The number of nitrogens with one attached hydrogen (secondary N) is 1. The molecule has 3 saturated heterocycles. The van der Waals surface area contributed by atoms with Gasteiger partial charge in [-0.1, -0.05) is 5.16 Å². The van der Waals surface area contributed by atoms with E-state index in [2.05, 4.69) is 15.5 Å². The van der Waals surface area contributed by atoms with Crippen molar-refractivity contribution in [1.29, 1.82) is 0 Å². The molecule has 16 heteroatoms. The quantitative estimate of drug-likeness (QED) is 0.0854. The predicted octanol–water partition coefficient (Wildman–Crippen LogP) is -4.28. The molecule has 0 saturated carbocycles. The smallest absolute Gasteiger partial charge is 0.308 e. The van der Waals surface area contributed by atoms with Gasteiger partial charge in [0.05, 0.1) is 25.2 Å². The highest BCUT2D eigenvalue weighted by molar-refractivity contribution is 7.97. The van der Waals surface area contributed by atoms with Crippen molar-refractivity contribution in [2.75, 3.05) is 31.0 Å². The highest BCUT2D eigenvalue weighted by atomic mass is 32.2. The summed E-state index contributed by atoms with van der Waals surface area (Å²) in [4.78, 5) is 59.8. The molecule has 34 heavy (non-hydrogen) atoms. The molecule has 3 aliphatic rings. The number of nitrogens with two attached hydrogens (primary N) is 1. The van der Waals surface area contributed by atoms with Gasteiger partial charge in [-0.2, -0.15) is 0 Å². The van der Waals surface area contributed by atoms with Crippen molar-refractivity contribution in [3.63, 3.8) is 0 Å². The lowest BCUT2D eigenvalue weighted by atomic mass is 9.89. The summed E-state index contributed by atoms with van der Waals surface area (Å²) in [5.74, 6) is -4.45. The maximum atomic E-state index is 13.0. The zero-order valence-corrected chi connectivity index (χ0v) is 19.3. The lowest BCUT2D eigenvalue weighted by molar-refractivity contribution is -0.340. The average molecular weight is 516 g/mol. The number of nitrogen functional groups attached to an aromatic ring is 1. The van der Waals surface area contributed by atoms with Gasteiger partial charge in [0.15, 0.2) is 16.9 Å². The number of carboxylic acids is 1. The number of thiazole rings is 1. The van der Waals surface area contributed by atoms with Crippen LogP contribution >= 0.6 is 11.3 Å². The molecule has 2 amide bonds. The van der Waals surface area contributed by atoms with Gasteiger partial charge < -0.3 is 40.7 Å². The standard InChI is InChI=1S/C18H21N5O9S2/c1-34-6-7-2-10(26)32-18(7,16(29)30)23-14(28)12(15(23)34)21-13(27)11(9-5-33-17(19)20-9)22-31-4-8(25)3-24/h5,7-8,12,15,24-25H,2-4,6H2,1H3,(H3-,19,20,21,27,29,30)/b22-11-/t7-,8-,12+,15+,18+,34?/m0/s1. The van der Waals surface area contributed by atoms with Crippen LogP contribution in [0.1, 0.15) is 12.1 Å². The number of carbonyl (C=O) groups excluding carboxylic acids is 4. The fraction of sp³-hybridized carbons (Fsp3) is 0.556. The highest BCUT2D eigenvalue weighted by Crippen LogP contribution is 2.48. The number of ether oxygens (including phenoxy) is 1. The van der Waals surface area contributed by atoms with Gasteiger partial charge in [-0.25, -0.2) is 9.88 Å². The van der Waals surface area contributed by atoms with Crippen LogP contribution in [0.3, 0.4) is 0 Å². The van der Waals surface area contributed by atoms with Gasteiger partial charge >= 0.3 is 5.97 Å². The van der Waals surface area contributed by atoms with Gasteiger partial charge in [-0.15, -0.1) is 11.3 Å². The van der Waals surface area contributed by atoms with E-state index >= 15 is 0 Å². The molecular formula is C18H21N5O9S2. The third-order valence-corrected chi connectivity index (χ3v) is 8.61. The lowest BCUT2D eigenvalue weighted by Crippen LogP contribution is -2.85. The number of esters is 1. The summed E-state index contributed by atoms with van der Waals surface area (Å²) in [5, 5.41) is 37.4. The zero-order chi connectivity index (χ0) is 24.8. The van der Waals surface area contributed by atoms with Crippen LogP contribution in [0, 0.1) is 5.92 Å². The van der Waals surface area contributed by atoms with Crippen LogP contribution in [0.4, 0.5) is 5.13 Å². The second kappa shape index (κ2) is 9.01. The van der Waals surface area contributed by atoms with Crippen molar-refractivity contribution in [3.8, 4) is 0 Å². The van der Waals surface area contributed by atoms with Gasteiger partial charge in [0.25, 0.3) is 11.8 Å². The molecule has 3 fully saturated rings. The SMILES string of the molecule is C[S+]1C[C@@H]2CC(=O)O[C@]2(C(=O)[O-])N2C(=O)[C@@H](NC(=O)/C(=N\OC[C@@H](O)CO)c3csc(N)n3)[C@H]21.